The van der Waals surface area contributed by atoms with Crippen molar-refractivity contribution in [3.63, 3.8) is 0 Å². The maximum Gasteiger partial charge on any atom is 0.270 e. The van der Waals surface area contributed by atoms with Crippen LogP contribution in [-0.2, 0) is 13.6 Å². The zero-order chi connectivity index (χ0) is 23.4. The molecule has 0 radical (unpaired) electrons. The number of phenolic OH excluding ortho intramolecular Hbond substituents is 1. The van der Waals surface area contributed by atoms with E-state index in [4.69, 9.17) is 23.2 Å². The summed E-state index contributed by atoms with van der Waals surface area (Å²) in [4.78, 5) is 22.0. The highest BCUT2D eigenvalue weighted by molar-refractivity contribution is 6.30. The molecule has 2 fully saturated rings. The summed E-state index contributed by atoms with van der Waals surface area (Å²) in [6.45, 7) is 5.25. The lowest BCUT2D eigenvalue weighted by atomic mass is 9.95. The van der Waals surface area contributed by atoms with Crippen molar-refractivity contribution >= 4 is 39.9 Å². The molecule has 2 aliphatic rings. The van der Waals surface area contributed by atoms with Crippen molar-refractivity contribution in [1.82, 2.24) is 14.5 Å². The minimum Gasteiger partial charge on any atom is -0.508 e. The molecule has 1 aromatic carbocycles. The second kappa shape index (κ2) is 8.21. The van der Waals surface area contributed by atoms with Crippen LogP contribution in [0, 0.1) is 23.2 Å². The first-order chi connectivity index (χ1) is 15.8. The second-order valence-corrected chi connectivity index (χ2v) is 9.81. The summed E-state index contributed by atoms with van der Waals surface area (Å²) in [5.41, 5.74) is 2.45. The second-order valence-electron chi connectivity index (χ2n) is 8.99. The highest BCUT2D eigenvalue weighted by Crippen LogP contribution is 2.42. The molecule has 2 aliphatic heterocycles. The summed E-state index contributed by atoms with van der Waals surface area (Å²) < 4.78 is 1.46. The maximum atomic E-state index is 13.0. The lowest BCUT2D eigenvalue weighted by Gasteiger charge is -2.30. The van der Waals surface area contributed by atoms with Gasteiger partial charge < -0.3 is 14.6 Å². The zero-order valence-corrected chi connectivity index (χ0v) is 19.8. The van der Waals surface area contributed by atoms with Crippen LogP contribution in [0.25, 0.3) is 11.0 Å². The minimum atomic E-state index is -0.326. The Morgan fingerprint density at radius 2 is 2.00 bits per heavy atom. The number of hydrogen-bond donors (Lipinski definition) is 1. The van der Waals surface area contributed by atoms with Crippen molar-refractivity contribution in [2.24, 2.45) is 18.9 Å². The number of nitrogens with zero attached hydrogens (tertiary/aromatic N) is 5. The number of aromatic hydroxyl groups is 1. The number of nitriles is 1. The Balaban J connectivity index is 1.46. The SMILES string of the molecule is C[C@H]1[C@@H]2CN(Cc3ccc(Cl)cc3O)C[C@@H]2CN1c1c(C#N)c(=O)n(C)c2ccc(Cl)nc12. The largest absolute Gasteiger partial charge is 0.508 e. The molecule has 33 heavy (non-hydrogen) atoms. The van der Waals surface area contributed by atoms with E-state index in [2.05, 4.69) is 27.8 Å². The van der Waals surface area contributed by atoms with Gasteiger partial charge in [-0.25, -0.2) is 4.98 Å². The number of aryl methyl sites for hydroxylation is 1. The number of halogens is 2. The van der Waals surface area contributed by atoms with Crippen molar-refractivity contribution in [2.45, 2.75) is 19.5 Å². The third-order valence-corrected chi connectivity index (χ3v) is 7.58. The van der Waals surface area contributed by atoms with Gasteiger partial charge in [-0.15, -0.1) is 0 Å². The first-order valence-electron chi connectivity index (χ1n) is 10.8. The van der Waals surface area contributed by atoms with Crippen molar-refractivity contribution < 1.29 is 5.11 Å². The standard InChI is InChI=1S/C24H23Cl2N5O2/c1-13-18-12-30(9-14-3-4-16(25)7-20(14)32)10-15(18)11-31(13)23-17(8-27)24(33)29(2)19-5-6-21(26)28-22(19)23/h3-7,13,15,18,32H,9-12H2,1-2H3/t13-,15+,18-/m0/s1. The van der Waals surface area contributed by atoms with Crippen LogP contribution in [0.4, 0.5) is 5.69 Å². The summed E-state index contributed by atoms with van der Waals surface area (Å²) in [5, 5.41) is 20.9. The van der Waals surface area contributed by atoms with Crippen LogP contribution < -0.4 is 10.5 Å². The Morgan fingerprint density at radius 3 is 2.70 bits per heavy atom. The van der Waals surface area contributed by atoms with E-state index >= 15 is 0 Å². The number of rotatable bonds is 3. The van der Waals surface area contributed by atoms with Gasteiger partial charge in [0.25, 0.3) is 5.56 Å². The van der Waals surface area contributed by atoms with E-state index in [1.807, 2.05) is 6.07 Å². The molecule has 0 aliphatic carbocycles. The predicted molar refractivity (Wildman–Crippen MR) is 129 cm³/mol. The smallest absolute Gasteiger partial charge is 0.270 e. The maximum absolute atomic E-state index is 13.0. The van der Waals surface area contributed by atoms with Crippen molar-refractivity contribution in [3.05, 3.63) is 62.0 Å². The number of phenols is 1. The van der Waals surface area contributed by atoms with E-state index in [9.17, 15) is 15.2 Å². The topological polar surface area (TPSA) is 85.4 Å². The molecule has 0 unspecified atom stereocenters. The van der Waals surface area contributed by atoms with E-state index < -0.39 is 0 Å². The fraction of sp³-hybridized carbons (Fsp3) is 0.375. The molecule has 4 heterocycles. The van der Waals surface area contributed by atoms with Gasteiger partial charge in [0.1, 0.15) is 28.1 Å². The number of fused-ring (bicyclic) bond motifs is 2. The van der Waals surface area contributed by atoms with Crippen LogP contribution in [0.1, 0.15) is 18.1 Å². The Hall–Kier alpha value is -2.79. The minimum absolute atomic E-state index is 0.106. The molecule has 9 heteroatoms. The number of benzene rings is 1. The third-order valence-electron chi connectivity index (χ3n) is 7.13. The third kappa shape index (κ3) is 3.63. The molecule has 2 saturated heterocycles. The Morgan fingerprint density at radius 1 is 1.21 bits per heavy atom. The van der Waals surface area contributed by atoms with E-state index in [0.717, 1.165) is 25.2 Å². The van der Waals surface area contributed by atoms with Gasteiger partial charge in [-0.2, -0.15) is 5.26 Å². The van der Waals surface area contributed by atoms with Gasteiger partial charge >= 0.3 is 0 Å². The zero-order valence-electron chi connectivity index (χ0n) is 18.3. The molecule has 1 N–H and O–H groups in total. The molecule has 7 nitrogen and oxygen atoms in total. The van der Waals surface area contributed by atoms with Crippen molar-refractivity contribution in [3.8, 4) is 11.8 Å². The van der Waals surface area contributed by atoms with Gasteiger partial charge in [0.05, 0.1) is 11.2 Å². The Labute approximate surface area is 201 Å². The van der Waals surface area contributed by atoms with Crippen molar-refractivity contribution in [1.29, 1.82) is 5.26 Å². The fourth-order valence-corrected chi connectivity index (χ4v) is 5.78. The van der Waals surface area contributed by atoms with Gasteiger partial charge in [-0.1, -0.05) is 29.3 Å². The number of anilines is 1. The van der Waals surface area contributed by atoms with Gasteiger partial charge in [-0.3, -0.25) is 9.69 Å². The summed E-state index contributed by atoms with van der Waals surface area (Å²) >= 11 is 12.2. The number of aromatic nitrogens is 2. The predicted octanol–water partition coefficient (Wildman–Crippen LogP) is 3.77. The molecular formula is C24H23Cl2N5O2. The van der Waals surface area contributed by atoms with Gasteiger partial charge in [-0.05, 0) is 43.0 Å². The first kappa shape index (κ1) is 22.0. The quantitative estimate of drug-likeness (QED) is 0.570. The van der Waals surface area contributed by atoms with Crippen molar-refractivity contribution in [2.75, 3.05) is 24.5 Å². The highest BCUT2D eigenvalue weighted by Gasteiger charge is 2.46. The number of likely N-dealkylation sites (tertiary alicyclic amines) is 1. The summed E-state index contributed by atoms with van der Waals surface area (Å²) in [6.07, 6.45) is 0. The van der Waals surface area contributed by atoms with Crippen LogP contribution in [-0.4, -0.2) is 45.2 Å². The Bertz CT molecular complexity index is 1370. The van der Waals surface area contributed by atoms with E-state index in [1.54, 1.807) is 31.3 Å². The molecule has 0 bridgehead atoms. The molecule has 3 atom stereocenters. The van der Waals surface area contributed by atoms with E-state index in [1.165, 1.54) is 4.57 Å². The summed E-state index contributed by atoms with van der Waals surface area (Å²) in [6, 6.07) is 10.9. The normalized spacial score (nSPS) is 22.6. The molecule has 0 amide bonds. The molecular weight excluding hydrogens is 461 g/mol. The molecule has 170 valence electrons. The summed E-state index contributed by atoms with van der Waals surface area (Å²) in [5.74, 6) is 0.950. The van der Waals surface area contributed by atoms with Gasteiger partial charge in [0.15, 0.2) is 0 Å². The number of pyridine rings is 2. The van der Waals surface area contributed by atoms with Gasteiger partial charge in [0.2, 0.25) is 0 Å². The molecule has 3 aromatic rings. The van der Waals surface area contributed by atoms with Crippen LogP contribution in [0.3, 0.4) is 0 Å². The van der Waals surface area contributed by atoms with E-state index in [-0.39, 0.29) is 22.9 Å². The lowest BCUT2D eigenvalue weighted by Crippen LogP contribution is -2.37. The average molecular weight is 484 g/mol. The lowest BCUT2D eigenvalue weighted by molar-refractivity contribution is 0.297. The number of hydrogen-bond acceptors (Lipinski definition) is 6. The monoisotopic (exact) mass is 483 g/mol. The summed E-state index contributed by atoms with van der Waals surface area (Å²) in [7, 11) is 1.65. The molecule has 2 aromatic heterocycles. The van der Waals surface area contributed by atoms with Crippen LogP contribution in [0.5, 0.6) is 5.75 Å². The van der Waals surface area contributed by atoms with Gasteiger partial charge in [0, 0.05) is 49.9 Å². The van der Waals surface area contributed by atoms with Crippen LogP contribution in [0.15, 0.2) is 35.1 Å². The van der Waals surface area contributed by atoms with E-state index in [0.29, 0.717) is 45.3 Å². The Kier molecular flexibility index (Phi) is 5.48. The molecule has 0 saturated carbocycles. The molecule has 0 spiro atoms. The molecule has 5 rings (SSSR count). The first-order valence-corrected chi connectivity index (χ1v) is 11.6. The highest BCUT2D eigenvalue weighted by atomic mass is 35.5. The van der Waals surface area contributed by atoms with Crippen LogP contribution in [0.2, 0.25) is 10.2 Å². The fourth-order valence-electron chi connectivity index (χ4n) is 5.46. The average Bonchev–Trinajstić information content (AvgIpc) is 3.30. The van der Waals surface area contributed by atoms with Crippen LogP contribution >= 0.6 is 23.2 Å².